The van der Waals surface area contributed by atoms with Gasteiger partial charge in [0.2, 0.25) is 16.9 Å². The molecule has 3 aromatic rings. The Morgan fingerprint density at radius 1 is 1.12 bits per heavy atom. The van der Waals surface area contributed by atoms with Gasteiger partial charge in [-0.3, -0.25) is 4.79 Å². The molecule has 0 atom stereocenters. The van der Waals surface area contributed by atoms with Gasteiger partial charge in [0, 0.05) is 5.56 Å². The Morgan fingerprint density at radius 2 is 1.84 bits per heavy atom. The first-order chi connectivity index (χ1) is 15.1. The summed E-state index contributed by atoms with van der Waals surface area (Å²) < 4.78 is 22.8. The van der Waals surface area contributed by atoms with Gasteiger partial charge in [0.1, 0.15) is 28.1 Å². The van der Waals surface area contributed by atoms with Gasteiger partial charge in [0.15, 0.2) is 11.3 Å². The van der Waals surface area contributed by atoms with E-state index in [2.05, 4.69) is 0 Å². The zero-order chi connectivity index (χ0) is 23.4. The summed E-state index contributed by atoms with van der Waals surface area (Å²) in [6.07, 6.45) is 5.98. The largest absolute Gasteiger partial charge is 0.506 e. The van der Waals surface area contributed by atoms with Gasteiger partial charge in [-0.15, -0.1) is 0 Å². The van der Waals surface area contributed by atoms with Crippen LogP contribution in [0.2, 0.25) is 0 Å². The number of methoxy groups -OCH3 is 2. The highest BCUT2D eigenvalue weighted by atomic mass is 16.5. The predicted octanol–water partition coefficient (Wildman–Crippen LogP) is 5.07. The minimum Gasteiger partial charge on any atom is -0.506 e. The number of phenols is 2. The number of aromatic hydroxyl groups is 2. The first-order valence-corrected chi connectivity index (χ1v) is 10.2. The van der Waals surface area contributed by atoms with Gasteiger partial charge in [-0.25, -0.2) is 0 Å². The Bertz CT molecular complexity index is 1370. The van der Waals surface area contributed by atoms with Crippen molar-refractivity contribution in [1.82, 2.24) is 0 Å². The van der Waals surface area contributed by atoms with Gasteiger partial charge in [-0.05, 0) is 52.3 Å². The summed E-state index contributed by atoms with van der Waals surface area (Å²) >= 11 is 0. The van der Waals surface area contributed by atoms with E-state index in [9.17, 15) is 15.0 Å². The molecule has 1 aliphatic heterocycles. The Labute approximate surface area is 185 Å². The fourth-order valence-electron chi connectivity index (χ4n) is 3.90. The number of allylic oxidation sites excluding steroid dienone is 2. The van der Waals surface area contributed by atoms with Crippen molar-refractivity contribution in [2.24, 2.45) is 0 Å². The normalized spacial score (nSPS) is 14.2. The van der Waals surface area contributed by atoms with E-state index in [1.165, 1.54) is 20.3 Å². The average Bonchev–Trinajstić information content (AvgIpc) is 2.73. The van der Waals surface area contributed by atoms with E-state index < -0.39 is 11.0 Å². The third-order valence-electron chi connectivity index (χ3n) is 5.52. The molecule has 7 heteroatoms. The first kappa shape index (κ1) is 21.6. The standard InChI is InChI=1S/C25H26O7/c1-12(2)7-8-14-21-13(9-10-25(3,4)32-21)18(26)17-19(27)15-11-16(29-5)24(30-6)20(28)23(15)31-22(14)17/h7,9-11,26,28H,8H2,1-6H3. The van der Waals surface area contributed by atoms with Gasteiger partial charge >= 0.3 is 0 Å². The minimum absolute atomic E-state index is 0.0213. The molecule has 168 valence electrons. The van der Waals surface area contributed by atoms with Crippen LogP contribution in [0.4, 0.5) is 0 Å². The minimum atomic E-state index is -0.608. The molecule has 0 bridgehead atoms. The maximum Gasteiger partial charge on any atom is 0.207 e. The summed E-state index contributed by atoms with van der Waals surface area (Å²) in [4.78, 5) is 13.5. The van der Waals surface area contributed by atoms with Gasteiger partial charge < -0.3 is 28.8 Å². The molecule has 7 nitrogen and oxygen atoms in total. The number of hydrogen-bond donors (Lipinski definition) is 2. The quantitative estimate of drug-likeness (QED) is 0.434. The summed E-state index contributed by atoms with van der Waals surface area (Å²) in [6, 6.07) is 1.43. The van der Waals surface area contributed by atoms with Crippen molar-refractivity contribution >= 4 is 28.0 Å². The fourth-order valence-corrected chi connectivity index (χ4v) is 3.90. The van der Waals surface area contributed by atoms with E-state index in [1.807, 2.05) is 39.8 Å². The molecular formula is C25H26O7. The SMILES string of the molecule is COc1cc2c(=O)c3c(O)c4c(c(CC=C(C)C)c3oc2c(O)c1OC)OC(C)(C)C=C4. The van der Waals surface area contributed by atoms with Crippen LogP contribution in [0.25, 0.3) is 28.0 Å². The molecule has 1 aliphatic rings. The highest BCUT2D eigenvalue weighted by Gasteiger charge is 2.31. The van der Waals surface area contributed by atoms with Gasteiger partial charge in [-0.2, -0.15) is 0 Å². The molecule has 0 fully saturated rings. The van der Waals surface area contributed by atoms with Crippen LogP contribution < -0.4 is 19.6 Å². The van der Waals surface area contributed by atoms with Gasteiger partial charge in [0.05, 0.1) is 25.2 Å². The summed E-state index contributed by atoms with van der Waals surface area (Å²) in [5, 5.41) is 22.0. The highest BCUT2D eigenvalue weighted by molar-refractivity contribution is 6.01. The Morgan fingerprint density at radius 3 is 2.47 bits per heavy atom. The number of benzene rings is 2. The lowest BCUT2D eigenvalue weighted by Gasteiger charge is -2.30. The molecular weight excluding hydrogens is 412 g/mol. The average molecular weight is 438 g/mol. The summed E-state index contributed by atoms with van der Waals surface area (Å²) in [7, 11) is 2.79. The van der Waals surface area contributed by atoms with Crippen molar-refractivity contribution in [2.75, 3.05) is 14.2 Å². The van der Waals surface area contributed by atoms with Crippen LogP contribution in [-0.4, -0.2) is 30.0 Å². The van der Waals surface area contributed by atoms with Crippen molar-refractivity contribution in [3.05, 3.63) is 45.1 Å². The Balaban J connectivity index is 2.22. The number of phenolic OH excluding ortho intramolecular Hbond substituents is 2. The molecule has 0 amide bonds. The van der Waals surface area contributed by atoms with E-state index in [0.29, 0.717) is 23.3 Å². The van der Waals surface area contributed by atoms with E-state index in [1.54, 1.807) is 6.08 Å². The van der Waals surface area contributed by atoms with Crippen molar-refractivity contribution in [3.63, 3.8) is 0 Å². The Kier molecular flexibility index (Phi) is 5.07. The number of fused-ring (bicyclic) bond motifs is 3. The van der Waals surface area contributed by atoms with Crippen molar-refractivity contribution < 1.29 is 28.8 Å². The summed E-state index contributed by atoms with van der Waals surface area (Å²) in [5.41, 5.74) is 1.11. The third kappa shape index (κ3) is 3.25. The molecule has 2 heterocycles. The Hall–Kier alpha value is -3.61. The monoisotopic (exact) mass is 438 g/mol. The second-order valence-corrected chi connectivity index (χ2v) is 8.57. The van der Waals surface area contributed by atoms with Crippen LogP contribution in [0.15, 0.2) is 33.0 Å². The second-order valence-electron chi connectivity index (χ2n) is 8.57. The molecule has 32 heavy (non-hydrogen) atoms. The van der Waals surface area contributed by atoms with Crippen molar-refractivity contribution in [3.8, 4) is 28.7 Å². The van der Waals surface area contributed by atoms with Gasteiger partial charge in [0.25, 0.3) is 0 Å². The van der Waals surface area contributed by atoms with Crippen LogP contribution in [-0.2, 0) is 6.42 Å². The second kappa shape index (κ2) is 7.51. The molecule has 4 rings (SSSR count). The zero-order valence-corrected chi connectivity index (χ0v) is 19.0. The lowest BCUT2D eigenvalue weighted by Crippen LogP contribution is -2.28. The molecule has 0 spiro atoms. The molecule has 2 aromatic carbocycles. The lowest BCUT2D eigenvalue weighted by atomic mass is 9.94. The molecule has 0 saturated heterocycles. The summed E-state index contributed by atoms with van der Waals surface area (Å²) in [5.74, 6) is 0.0923. The maximum atomic E-state index is 13.5. The highest BCUT2D eigenvalue weighted by Crippen LogP contribution is 2.48. The smallest absolute Gasteiger partial charge is 0.207 e. The lowest BCUT2D eigenvalue weighted by molar-refractivity contribution is 0.157. The molecule has 0 saturated carbocycles. The van der Waals surface area contributed by atoms with Crippen molar-refractivity contribution in [1.29, 1.82) is 0 Å². The number of hydrogen-bond acceptors (Lipinski definition) is 7. The summed E-state index contributed by atoms with van der Waals surface area (Å²) in [6.45, 7) is 7.73. The van der Waals surface area contributed by atoms with Crippen LogP contribution in [0.5, 0.6) is 28.7 Å². The van der Waals surface area contributed by atoms with Crippen LogP contribution >= 0.6 is 0 Å². The van der Waals surface area contributed by atoms with Crippen LogP contribution in [0, 0.1) is 0 Å². The van der Waals surface area contributed by atoms with Crippen molar-refractivity contribution in [2.45, 2.75) is 39.7 Å². The van der Waals surface area contributed by atoms with E-state index >= 15 is 0 Å². The topological polar surface area (TPSA) is 98.4 Å². The molecule has 0 aliphatic carbocycles. The zero-order valence-electron chi connectivity index (χ0n) is 19.0. The van der Waals surface area contributed by atoms with E-state index in [4.69, 9.17) is 18.6 Å². The third-order valence-corrected chi connectivity index (χ3v) is 5.52. The fraction of sp³-hybridized carbons (Fsp3) is 0.320. The molecule has 1 aromatic heterocycles. The molecule has 0 unspecified atom stereocenters. The number of rotatable bonds is 4. The number of ether oxygens (including phenoxy) is 3. The first-order valence-electron chi connectivity index (χ1n) is 10.2. The molecule has 0 radical (unpaired) electrons. The predicted molar refractivity (Wildman–Crippen MR) is 123 cm³/mol. The van der Waals surface area contributed by atoms with E-state index in [-0.39, 0.29) is 44.9 Å². The van der Waals surface area contributed by atoms with Crippen LogP contribution in [0.1, 0.15) is 38.8 Å². The van der Waals surface area contributed by atoms with Gasteiger partial charge in [-0.1, -0.05) is 11.6 Å². The van der Waals surface area contributed by atoms with Crippen LogP contribution in [0.3, 0.4) is 0 Å². The van der Waals surface area contributed by atoms with E-state index in [0.717, 1.165) is 5.57 Å². The maximum absolute atomic E-state index is 13.5. The molecule has 2 N–H and O–H groups in total.